The second-order valence-electron chi connectivity index (χ2n) is 6.56. The lowest BCUT2D eigenvalue weighted by Gasteiger charge is -2.28. The Kier molecular flexibility index (Phi) is 4.59. The third kappa shape index (κ3) is 3.75. The van der Waals surface area contributed by atoms with Crippen LogP contribution in [0.3, 0.4) is 0 Å². The Morgan fingerprint density at radius 1 is 1.44 bits per heavy atom. The Balaban J connectivity index is 2.03. The van der Waals surface area contributed by atoms with E-state index in [2.05, 4.69) is 20.1 Å². The number of aromatic nitrogens is 3. The third-order valence-electron chi connectivity index (χ3n) is 3.80. The molecule has 138 valence electrons. The average Bonchev–Trinajstić information content (AvgIpc) is 3.15. The molecular formula is C16H16N8O2S. The standard InChI is InChI=1S/C16H16N8O2S/c1-9-7-16(2,3)23(22-9)15-20-13(19-14(18)21-15)10(8-17)6-11-4-5-12(27-11)24(25)26/h4-6H,7H2,1-3H3,(H2,18,19,20,21)/b10-6-. The van der Waals surface area contributed by atoms with Gasteiger partial charge in [0.25, 0.3) is 5.95 Å². The number of nitrogens with two attached hydrogens (primary N) is 1. The Hall–Kier alpha value is -3.39. The topological polar surface area (TPSA) is 147 Å². The van der Waals surface area contributed by atoms with E-state index < -0.39 is 4.92 Å². The molecule has 0 unspecified atom stereocenters. The highest BCUT2D eigenvalue weighted by Gasteiger charge is 2.35. The van der Waals surface area contributed by atoms with Gasteiger partial charge in [-0.05, 0) is 32.9 Å². The van der Waals surface area contributed by atoms with Crippen molar-refractivity contribution >= 4 is 45.6 Å². The largest absolute Gasteiger partial charge is 0.368 e. The molecule has 10 nitrogen and oxygen atoms in total. The zero-order valence-electron chi connectivity index (χ0n) is 14.9. The number of nitrogens with zero attached hydrogens (tertiary/aromatic N) is 7. The van der Waals surface area contributed by atoms with E-state index in [-0.39, 0.29) is 33.8 Å². The van der Waals surface area contributed by atoms with Crippen molar-refractivity contribution < 1.29 is 4.92 Å². The van der Waals surface area contributed by atoms with Gasteiger partial charge in [-0.15, -0.1) is 0 Å². The molecule has 0 aliphatic carbocycles. The number of nitrogen functional groups attached to an aromatic ring is 1. The van der Waals surface area contributed by atoms with Crippen molar-refractivity contribution in [2.45, 2.75) is 32.7 Å². The lowest BCUT2D eigenvalue weighted by atomic mass is 9.99. The third-order valence-corrected chi connectivity index (χ3v) is 4.79. The first-order chi connectivity index (χ1) is 12.7. The lowest BCUT2D eigenvalue weighted by molar-refractivity contribution is -0.380. The summed E-state index contributed by atoms with van der Waals surface area (Å²) in [7, 11) is 0. The monoisotopic (exact) mass is 384 g/mol. The number of thiophene rings is 1. The summed E-state index contributed by atoms with van der Waals surface area (Å²) in [6, 6.07) is 4.95. The van der Waals surface area contributed by atoms with Crippen molar-refractivity contribution in [1.29, 1.82) is 5.26 Å². The van der Waals surface area contributed by atoms with Gasteiger partial charge in [0.05, 0.1) is 16.0 Å². The molecule has 0 radical (unpaired) electrons. The van der Waals surface area contributed by atoms with Crippen molar-refractivity contribution in [1.82, 2.24) is 15.0 Å². The molecule has 1 aliphatic rings. The maximum absolute atomic E-state index is 10.8. The van der Waals surface area contributed by atoms with Crippen LogP contribution in [0.2, 0.25) is 0 Å². The number of anilines is 2. The summed E-state index contributed by atoms with van der Waals surface area (Å²) in [5.41, 5.74) is 6.54. The number of hydrogen-bond acceptors (Lipinski definition) is 10. The van der Waals surface area contributed by atoms with E-state index in [0.717, 1.165) is 23.5 Å². The van der Waals surface area contributed by atoms with Crippen molar-refractivity contribution in [2.24, 2.45) is 5.10 Å². The predicted molar refractivity (Wildman–Crippen MR) is 103 cm³/mol. The van der Waals surface area contributed by atoms with Crippen LogP contribution >= 0.6 is 11.3 Å². The predicted octanol–water partition coefficient (Wildman–Crippen LogP) is 2.85. The molecule has 3 heterocycles. The van der Waals surface area contributed by atoms with Gasteiger partial charge in [0, 0.05) is 23.1 Å². The van der Waals surface area contributed by atoms with Crippen LogP contribution in [-0.2, 0) is 0 Å². The highest BCUT2D eigenvalue weighted by atomic mass is 32.1. The lowest BCUT2D eigenvalue weighted by Crippen LogP contribution is -2.37. The van der Waals surface area contributed by atoms with Gasteiger partial charge in [0.2, 0.25) is 5.95 Å². The van der Waals surface area contributed by atoms with E-state index in [1.54, 1.807) is 11.1 Å². The molecule has 2 aromatic heterocycles. The van der Waals surface area contributed by atoms with Gasteiger partial charge in [-0.1, -0.05) is 11.3 Å². The fraction of sp³-hybridized carbons (Fsp3) is 0.312. The highest BCUT2D eigenvalue weighted by molar-refractivity contribution is 7.16. The molecule has 0 atom stereocenters. The molecule has 1 aliphatic heterocycles. The number of allylic oxidation sites excluding steroid dienone is 1. The molecule has 0 spiro atoms. The number of hydrazone groups is 1. The molecule has 0 fully saturated rings. The van der Waals surface area contributed by atoms with Crippen LogP contribution < -0.4 is 10.7 Å². The number of nitro groups is 1. The van der Waals surface area contributed by atoms with Crippen LogP contribution in [0.25, 0.3) is 11.6 Å². The van der Waals surface area contributed by atoms with E-state index in [1.807, 2.05) is 26.8 Å². The Morgan fingerprint density at radius 3 is 2.74 bits per heavy atom. The first-order valence-corrected chi connectivity index (χ1v) is 8.73. The van der Waals surface area contributed by atoms with E-state index in [4.69, 9.17) is 5.73 Å². The normalized spacial score (nSPS) is 16.1. The van der Waals surface area contributed by atoms with Gasteiger partial charge >= 0.3 is 5.00 Å². The highest BCUT2D eigenvalue weighted by Crippen LogP contribution is 2.32. The molecule has 0 aromatic carbocycles. The molecule has 2 aromatic rings. The molecule has 0 saturated heterocycles. The summed E-state index contributed by atoms with van der Waals surface area (Å²) >= 11 is 0.952. The number of rotatable bonds is 4. The SMILES string of the molecule is CC1=NN(c2nc(N)nc(/C(C#N)=C\c3ccc([N+](=O)[O-])s3)n2)C(C)(C)C1. The van der Waals surface area contributed by atoms with Crippen molar-refractivity contribution in [3.63, 3.8) is 0 Å². The molecular weight excluding hydrogens is 368 g/mol. The minimum Gasteiger partial charge on any atom is -0.368 e. The van der Waals surface area contributed by atoms with Gasteiger partial charge < -0.3 is 5.73 Å². The van der Waals surface area contributed by atoms with Gasteiger partial charge in [0.1, 0.15) is 6.07 Å². The van der Waals surface area contributed by atoms with Crippen LogP contribution in [0.15, 0.2) is 17.2 Å². The van der Waals surface area contributed by atoms with Crippen LogP contribution in [0.5, 0.6) is 0 Å². The smallest absolute Gasteiger partial charge is 0.324 e. The van der Waals surface area contributed by atoms with Crippen LogP contribution in [-0.4, -0.2) is 31.1 Å². The summed E-state index contributed by atoms with van der Waals surface area (Å²) in [5.74, 6) is 0.299. The fourth-order valence-corrected chi connectivity index (χ4v) is 3.53. The minimum absolute atomic E-state index is 0.0157. The zero-order valence-corrected chi connectivity index (χ0v) is 15.7. The second-order valence-corrected chi connectivity index (χ2v) is 7.65. The van der Waals surface area contributed by atoms with E-state index in [9.17, 15) is 15.4 Å². The molecule has 0 saturated carbocycles. The molecule has 0 bridgehead atoms. The van der Waals surface area contributed by atoms with Gasteiger partial charge in [-0.3, -0.25) is 10.1 Å². The summed E-state index contributed by atoms with van der Waals surface area (Å²) in [4.78, 5) is 23.4. The quantitative estimate of drug-likeness (QED) is 0.480. The summed E-state index contributed by atoms with van der Waals surface area (Å²) < 4.78 is 0. The first kappa shape index (κ1) is 18.4. The van der Waals surface area contributed by atoms with Crippen molar-refractivity contribution in [3.05, 3.63) is 32.9 Å². The van der Waals surface area contributed by atoms with Gasteiger partial charge in [-0.25, -0.2) is 5.01 Å². The Bertz CT molecular complexity index is 1020. The number of hydrogen-bond donors (Lipinski definition) is 1. The molecule has 0 amide bonds. The summed E-state index contributed by atoms with van der Waals surface area (Å²) in [6.45, 7) is 5.91. The second kappa shape index (κ2) is 6.73. The minimum atomic E-state index is -0.483. The zero-order chi connectivity index (χ0) is 19.8. The average molecular weight is 384 g/mol. The van der Waals surface area contributed by atoms with Crippen LogP contribution in [0.4, 0.5) is 16.9 Å². The van der Waals surface area contributed by atoms with E-state index in [1.165, 1.54) is 12.1 Å². The summed E-state index contributed by atoms with van der Waals surface area (Å²) in [5, 5.41) is 26.4. The van der Waals surface area contributed by atoms with Gasteiger partial charge in [0.15, 0.2) is 5.82 Å². The van der Waals surface area contributed by atoms with E-state index in [0.29, 0.717) is 4.88 Å². The van der Waals surface area contributed by atoms with Crippen molar-refractivity contribution in [2.75, 3.05) is 10.7 Å². The van der Waals surface area contributed by atoms with Crippen LogP contribution in [0, 0.1) is 21.4 Å². The first-order valence-electron chi connectivity index (χ1n) is 7.92. The molecule has 3 rings (SSSR count). The Morgan fingerprint density at radius 2 is 2.19 bits per heavy atom. The molecule has 11 heteroatoms. The Labute approximate surface area is 158 Å². The van der Waals surface area contributed by atoms with Crippen LogP contribution in [0.1, 0.15) is 37.9 Å². The summed E-state index contributed by atoms with van der Waals surface area (Å²) in [6.07, 6.45) is 2.23. The van der Waals surface area contributed by atoms with E-state index >= 15 is 0 Å². The fourth-order valence-electron chi connectivity index (χ4n) is 2.76. The molecule has 27 heavy (non-hydrogen) atoms. The van der Waals surface area contributed by atoms with Crippen molar-refractivity contribution in [3.8, 4) is 6.07 Å². The molecule has 2 N–H and O–H groups in total. The maximum atomic E-state index is 10.8. The number of nitriles is 1. The maximum Gasteiger partial charge on any atom is 0.324 e. The van der Waals surface area contributed by atoms with Gasteiger partial charge in [-0.2, -0.15) is 25.3 Å².